The third kappa shape index (κ3) is 4.20. The molecule has 118 valence electrons. The van der Waals surface area contributed by atoms with E-state index in [2.05, 4.69) is 0 Å². The summed E-state index contributed by atoms with van der Waals surface area (Å²) in [5.74, 6) is -0.529. The summed E-state index contributed by atoms with van der Waals surface area (Å²) in [5, 5.41) is 0. The Morgan fingerprint density at radius 2 is 1.82 bits per heavy atom. The van der Waals surface area contributed by atoms with E-state index in [1.165, 1.54) is 12.1 Å². The number of rotatable bonds is 4. The van der Waals surface area contributed by atoms with E-state index in [4.69, 9.17) is 4.74 Å². The Kier molecular flexibility index (Phi) is 4.69. The molecule has 0 spiro atoms. The highest BCUT2D eigenvalue weighted by atomic mass is 19.1. The van der Waals surface area contributed by atoms with Gasteiger partial charge in [0.05, 0.1) is 5.56 Å². The van der Waals surface area contributed by atoms with Gasteiger partial charge in [0.15, 0.2) is 0 Å². The van der Waals surface area contributed by atoms with Crippen molar-refractivity contribution in [2.24, 2.45) is 0 Å². The zero-order valence-electron chi connectivity index (χ0n) is 13.5. The minimum absolute atomic E-state index is 0.229. The molecule has 1 heterocycles. The lowest BCUT2D eigenvalue weighted by Gasteiger charge is -2.19. The van der Waals surface area contributed by atoms with Gasteiger partial charge in [-0.3, -0.25) is 0 Å². The van der Waals surface area contributed by atoms with E-state index >= 15 is 0 Å². The average Bonchev–Trinajstić information content (AvgIpc) is 2.78. The highest BCUT2D eigenvalue weighted by Gasteiger charge is 2.20. The molecule has 0 aliphatic rings. The zero-order valence-corrected chi connectivity index (χ0v) is 13.5. The minimum Gasteiger partial charge on any atom is -0.456 e. The molecule has 3 nitrogen and oxygen atoms in total. The Hall–Kier alpha value is -2.10. The second kappa shape index (κ2) is 6.34. The molecule has 0 unspecified atom stereocenters. The number of hydrogen-bond acceptors (Lipinski definition) is 2. The fraction of sp³-hybridized carbons (Fsp3) is 0.389. The number of halogens is 1. The number of nitrogens with zero attached hydrogens (tertiary/aromatic N) is 1. The van der Waals surface area contributed by atoms with E-state index in [9.17, 15) is 9.18 Å². The number of carbonyl (C=O) groups excluding carboxylic acids is 1. The molecule has 1 aromatic heterocycles. The molecule has 1 aromatic carbocycles. The molecule has 0 N–H and O–H groups in total. The van der Waals surface area contributed by atoms with Gasteiger partial charge < -0.3 is 9.30 Å². The monoisotopic (exact) mass is 303 g/mol. The summed E-state index contributed by atoms with van der Waals surface area (Å²) in [6.07, 6.45) is 2.67. The van der Waals surface area contributed by atoms with E-state index < -0.39 is 5.60 Å². The van der Waals surface area contributed by atoms with Crippen LogP contribution in [0.3, 0.4) is 0 Å². The van der Waals surface area contributed by atoms with E-state index in [1.807, 2.05) is 38.5 Å². The second-order valence-corrected chi connectivity index (χ2v) is 6.39. The predicted octanol–water partition coefficient (Wildman–Crippen LogP) is 4.13. The Balaban J connectivity index is 2.04. The van der Waals surface area contributed by atoms with Gasteiger partial charge in [-0.2, -0.15) is 0 Å². The van der Waals surface area contributed by atoms with Crippen molar-refractivity contribution in [2.45, 2.75) is 46.3 Å². The quantitative estimate of drug-likeness (QED) is 0.795. The maximum Gasteiger partial charge on any atom is 0.340 e. The van der Waals surface area contributed by atoms with Crippen molar-refractivity contribution in [1.29, 1.82) is 0 Å². The fourth-order valence-electron chi connectivity index (χ4n) is 2.24. The number of carbonyl (C=O) groups is 1. The van der Waals surface area contributed by atoms with E-state index in [1.54, 1.807) is 18.2 Å². The van der Waals surface area contributed by atoms with Crippen molar-refractivity contribution in [3.63, 3.8) is 0 Å². The second-order valence-electron chi connectivity index (χ2n) is 6.39. The molecule has 4 heteroatoms. The van der Waals surface area contributed by atoms with Crippen LogP contribution in [0.25, 0.3) is 0 Å². The molecule has 2 aromatic rings. The topological polar surface area (TPSA) is 31.2 Å². The first-order chi connectivity index (χ1) is 10.3. The summed E-state index contributed by atoms with van der Waals surface area (Å²) < 4.78 is 20.3. The van der Waals surface area contributed by atoms with Crippen LogP contribution in [0.1, 0.15) is 42.4 Å². The zero-order chi connectivity index (χ0) is 16.3. The molecule has 0 aliphatic carbocycles. The normalized spacial score (nSPS) is 11.5. The maximum absolute atomic E-state index is 12.9. The lowest BCUT2D eigenvalue weighted by atomic mass is 10.1. The number of ether oxygens (including phenoxy) is 1. The van der Waals surface area contributed by atoms with E-state index in [0.717, 1.165) is 24.2 Å². The Bertz CT molecular complexity index is 651. The average molecular weight is 303 g/mol. The number of aryl methyl sites for hydroxylation is 2. The van der Waals surface area contributed by atoms with Gasteiger partial charge in [-0.05, 0) is 57.9 Å². The van der Waals surface area contributed by atoms with Crippen LogP contribution in [0.15, 0.2) is 36.5 Å². The molecule has 0 radical (unpaired) electrons. The summed E-state index contributed by atoms with van der Waals surface area (Å²) in [6, 6.07) is 8.27. The molecule has 0 atom stereocenters. The maximum atomic E-state index is 12.9. The van der Waals surface area contributed by atoms with Crippen LogP contribution in [0.2, 0.25) is 0 Å². The molecule has 0 amide bonds. The van der Waals surface area contributed by atoms with Crippen LogP contribution < -0.4 is 0 Å². The fourth-order valence-corrected chi connectivity index (χ4v) is 2.24. The van der Waals surface area contributed by atoms with Crippen molar-refractivity contribution in [2.75, 3.05) is 0 Å². The molecule has 22 heavy (non-hydrogen) atoms. The Morgan fingerprint density at radius 3 is 2.41 bits per heavy atom. The van der Waals surface area contributed by atoms with Crippen molar-refractivity contribution in [3.05, 3.63) is 59.2 Å². The van der Waals surface area contributed by atoms with Gasteiger partial charge in [0, 0.05) is 18.4 Å². The summed E-state index contributed by atoms with van der Waals surface area (Å²) in [5.41, 5.74) is 2.04. The molecule has 0 saturated carbocycles. The molecule has 2 rings (SSSR count). The Labute approximate surface area is 130 Å². The van der Waals surface area contributed by atoms with Crippen molar-refractivity contribution in [3.8, 4) is 0 Å². The third-order valence-electron chi connectivity index (χ3n) is 3.42. The predicted molar refractivity (Wildman–Crippen MR) is 84.4 cm³/mol. The molecule has 0 saturated heterocycles. The van der Waals surface area contributed by atoms with Gasteiger partial charge in [0.25, 0.3) is 0 Å². The summed E-state index contributed by atoms with van der Waals surface area (Å²) in [7, 11) is 0. The van der Waals surface area contributed by atoms with Gasteiger partial charge >= 0.3 is 5.97 Å². The third-order valence-corrected chi connectivity index (χ3v) is 3.42. The molecule has 0 bridgehead atoms. The van der Waals surface area contributed by atoms with Crippen LogP contribution >= 0.6 is 0 Å². The molecule has 0 aliphatic heterocycles. The van der Waals surface area contributed by atoms with Crippen LogP contribution in [-0.2, 0) is 17.7 Å². The van der Waals surface area contributed by atoms with Crippen LogP contribution in [0, 0.1) is 12.7 Å². The minimum atomic E-state index is -0.500. The first-order valence-electron chi connectivity index (χ1n) is 7.40. The first-order valence-corrected chi connectivity index (χ1v) is 7.40. The number of hydrogen-bond donors (Lipinski definition) is 0. The standard InChI is InChI=1S/C18H22FNO2/c1-13-16(17(21)22-18(2,3)4)10-12-20(13)11-9-14-5-7-15(19)8-6-14/h5-8,10,12H,9,11H2,1-4H3. The lowest BCUT2D eigenvalue weighted by Crippen LogP contribution is -2.24. The highest BCUT2D eigenvalue weighted by Crippen LogP contribution is 2.17. The first kappa shape index (κ1) is 16.3. The van der Waals surface area contributed by atoms with E-state index in [-0.39, 0.29) is 11.8 Å². The largest absolute Gasteiger partial charge is 0.456 e. The van der Waals surface area contributed by atoms with Gasteiger partial charge in [-0.15, -0.1) is 0 Å². The van der Waals surface area contributed by atoms with Crippen molar-refractivity contribution < 1.29 is 13.9 Å². The van der Waals surface area contributed by atoms with Gasteiger partial charge in [-0.1, -0.05) is 12.1 Å². The molecular formula is C18H22FNO2. The molecular weight excluding hydrogens is 281 g/mol. The SMILES string of the molecule is Cc1c(C(=O)OC(C)(C)C)ccn1CCc1ccc(F)cc1. The number of esters is 1. The lowest BCUT2D eigenvalue weighted by molar-refractivity contribution is 0.00687. The number of aromatic nitrogens is 1. The number of benzene rings is 1. The van der Waals surface area contributed by atoms with Gasteiger partial charge in [0.2, 0.25) is 0 Å². The van der Waals surface area contributed by atoms with Crippen LogP contribution in [0.5, 0.6) is 0 Å². The van der Waals surface area contributed by atoms with Gasteiger partial charge in [-0.25, -0.2) is 9.18 Å². The highest BCUT2D eigenvalue weighted by molar-refractivity contribution is 5.91. The van der Waals surface area contributed by atoms with Crippen LogP contribution in [-0.4, -0.2) is 16.1 Å². The summed E-state index contributed by atoms with van der Waals surface area (Å²) in [6.45, 7) is 8.20. The summed E-state index contributed by atoms with van der Waals surface area (Å²) in [4.78, 5) is 12.1. The molecule has 0 fully saturated rings. The van der Waals surface area contributed by atoms with Gasteiger partial charge in [0.1, 0.15) is 11.4 Å². The smallest absolute Gasteiger partial charge is 0.340 e. The van der Waals surface area contributed by atoms with Crippen LogP contribution in [0.4, 0.5) is 4.39 Å². The van der Waals surface area contributed by atoms with E-state index in [0.29, 0.717) is 5.56 Å². The van der Waals surface area contributed by atoms with Crippen molar-refractivity contribution in [1.82, 2.24) is 4.57 Å². The summed E-state index contributed by atoms with van der Waals surface area (Å²) >= 11 is 0. The Morgan fingerprint density at radius 1 is 1.18 bits per heavy atom. The van der Waals surface area contributed by atoms with Crippen molar-refractivity contribution >= 4 is 5.97 Å².